The number of hydrogen-bond donors (Lipinski definition) is 3. The van der Waals surface area contributed by atoms with Crippen molar-refractivity contribution in [1.82, 2.24) is 19.8 Å². The number of nitrogens with zero attached hydrogens (tertiary/aromatic N) is 4. The standard InChI is InChI=1S/C27H43N3O3S.C15H29BrNO.C12H14N2O2S/c1-7-8-9-11-17-23(31)30(20(2)3)18-12-10-13-19-33-21-15-14-16-22-24(21)28-26(34-22)29-25(32)27(4,5)6;1-4-5-6-8-11-15(18)17(14(2)3)13-10-7-9-12-16;1-12(2,3)10(16)14-11-13-9-7(15)5-4-6-8(9)17-11/h14-16,20H,7-13,17-19H2,1-6H3,(H,28,29,32);14H,1,4-13H2,2-3H3;4-6,15H,1-3H3,(H,13,14,16)/q;+1;. The van der Waals surface area contributed by atoms with Crippen LogP contribution in [0.2, 0.25) is 0 Å². The van der Waals surface area contributed by atoms with Crippen molar-refractivity contribution in [3.05, 3.63) is 43.3 Å². The molecule has 0 bridgehead atoms. The molecule has 0 aliphatic heterocycles. The Hall–Kier alpha value is -3.95. The predicted octanol–water partition coefficient (Wildman–Crippen LogP) is 14.6. The number of rotatable bonds is 26. The van der Waals surface area contributed by atoms with E-state index in [9.17, 15) is 24.3 Å². The van der Waals surface area contributed by atoms with Gasteiger partial charge in [0.2, 0.25) is 23.6 Å². The number of phenols is 1. The first kappa shape index (κ1) is 61.2. The fraction of sp³-hybridized carbons (Fsp3) is 0.648. The minimum absolute atomic E-state index is 0.0519. The highest BCUT2D eigenvalue weighted by Gasteiger charge is 2.24. The number of benzene rings is 2. The van der Waals surface area contributed by atoms with Crippen molar-refractivity contribution < 1.29 is 29.0 Å². The molecule has 4 rings (SSSR count). The summed E-state index contributed by atoms with van der Waals surface area (Å²) in [6, 6.07) is 11.6. The van der Waals surface area contributed by atoms with Crippen molar-refractivity contribution in [2.24, 2.45) is 10.8 Å². The molecule has 386 valence electrons. The summed E-state index contributed by atoms with van der Waals surface area (Å²) in [4.78, 5) is 61.6. The second-order valence-corrected chi connectivity index (χ2v) is 23.0. The summed E-state index contributed by atoms with van der Waals surface area (Å²) in [6.07, 6.45) is 16.6. The van der Waals surface area contributed by atoms with Crippen molar-refractivity contribution in [3.63, 3.8) is 0 Å². The van der Waals surface area contributed by atoms with Crippen LogP contribution in [0.15, 0.2) is 36.4 Å². The van der Waals surface area contributed by atoms with Crippen LogP contribution < -0.4 is 15.4 Å². The number of unbranched alkanes of at least 4 members (excludes halogenated alkanes) is 10. The van der Waals surface area contributed by atoms with Crippen LogP contribution in [0.25, 0.3) is 20.4 Å². The SMILES string of the molecule is CC(C)(C)C(=O)Nc1nc2c(O)cccc2s1.CCCCCCC(=O)N(CCCCCOc1cccc2sc(NC(=O)C(C)(C)C)nc12)C(C)C.[CH2+]CCCCCC(=O)N(CCCCCBr)C(C)C. The molecule has 4 amide bonds. The largest absolute Gasteiger partial charge is 0.506 e. The lowest BCUT2D eigenvalue weighted by Crippen LogP contribution is -2.37. The fourth-order valence-corrected chi connectivity index (χ4v) is 9.07. The van der Waals surface area contributed by atoms with Gasteiger partial charge in [-0.25, -0.2) is 9.97 Å². The van der Waals surface area contributed by atoms with Crippen LogP contribution in [-0.4, -0.2) is 85.6 Å². The fourth-order valence-electron chi connectivity index (χ4n) is 6.91. The molecular formula is C54H86BrN6O6S2+. The van der Waals surface area contributed by atoms with E-state index < -0.39 is 10.8 Å². The summed E-state index contributed by atoms with van der Waals surface area (Å²) < 4.78 is 7.88. The monoisotopic (exact) mass is 1060 g/mol. The van der Waals surface area contributed by atoms with Crippen molar-refractivity contribution in [3.8, 4) is 11.5 Å². The number of aromatic hydroxyl groups is 1. The number of alkyl halides is 1. The topological polar surface area (TPSA) is 154 Å². The Morgan fingerprint density at radius 1 is 0.667 bits per heavy atom. The molecule has 15 heteroatoms. The number of anilines is 2. The molecule has 0 radical (unpaired) electrons. The third-order valence-electron chi connectivity index (χ3n) is 11.2. The van der Waals surface area contributed by atoms with Gasteiger partial charge >= 0.3 is 0 Å². The molecule has 4 aromatic rings. The maximum absolute atomic E-state index is 12.6. The van der Waals surface area contributed by atoms with Crippen LogP contribution in [0.1, 0.15) is 179 Å². The first-order valence-corrected chi connectivity index (χ1v) is 28.1. The number of halogens is 1. The molecule has 12 nitrogen and oxygen atoms in total. The lowest BCUT2D eigenvalue weighted by molar-refractivity contribution is -0.134. The number of hydrogen-bond acceptors (Lipinski definition) is 10. The number of nitrogens with one attached hydrogen (secondary N) is 2. The Labute approximate surface area is 431 Å². The van der Waals surface area contributed by atoms with Crippen LogP contribution in [0, 0.1) is 17.8 Å². The van der Waals surface area contributed by atoms with Crippen molar-refractivity contribution >= 4 is 92.9 Å². The molecule has 0 atom stereocenters. The number of carbonyl (C=O) groups excluding carboxylic acids is 4. The zero-order valence-electron chi connectivity index (χ0n) is 43.9. The van der Waals surface area contributed by atoms with Gasteiger partial charge in [0, 0.05) is 54.2 Å². The molecule has 3 N–H and O–H groups in total. The molecule has 0 saturated heterocycles. The molecule has 2 heterocycles. The van der Waals surface area contributed by atoms with Crippen molar-refractivity contribution in [2.75, 3.05) is 35.7 Å². The van der Waals surface area contributed by atoms with E-state index in [4.69, 9.17) is 4.74 Å². The Balaban J connectivity index is 0.000000392. The second-order valence-electron chi connectivity index (χ2n) is 20.2. The zero-order chi connectivity index (χ0) is 51.6. The van der Waals surface area contributed by atoms with Crippen molar-refractivity contribution in [2.45, 2.75) is 191 Å². The minimum Gasteiger partial charge on any atom is -0.506 e. The highest BCUT2D eigenvalue weighted by molar-refractivity contribution is 9.09. The van der Waals surface area contributed by atoms with Crippen LogP contribution in [0.3, 0.4) is 0 Å². The minimum atomic E-state index is -0.470. The average molecular weight is 1060 g/mol. The Morgan fingerprint density at radius 2 is 1.13 bits per heavy atom. The summed E-state index contributed by atoms with van der Waals surface area (Å²) >= 11 is 6.25. The average Bonchev–Trinajstić information content (AvgIpc) is 3.90. The van der Waals surface area contributed by atoms with Gasteiger partial charge in [0.1, 0.15) is 22.5 Å². The molecule has 0 aliphatic rings. The highest BCUT2D eigenvalue weighted by atomic mass is 79.9. The van der Waals surface area contributed by atoms with E-state index in [1.165, 1.54) is 48.4 Å². The van der Waals surface area contributed by atoms with Gasteiger partial charge in [-0.1, -0.05) is 125 Å². The number of para-hydroxylation sites is 2. The molecule has 69 heavy (non-hydrogen) atoms. The molecule has 0 unspecified atom stereocenters. The highest BCUT2D eigenvalue weighted by Crippen LogP contribution is 2.34. The molecule has 0 spiro atoms. The molecule has 0 saturated carbocycles. The lowest BCUT2D eigenvalue weighted by atomic mass is 9.96. The smallest absolute Gasteiger partial charge is 0.231 e. The maximum Gasteiger partial charge on any atom is 0.231 e. The van der Waals surface area contributed by atoms with Gasteiger partial charge in [-0.15, -0.1) is 0 Å². The van der Waals surface area contributed by atoms with Crippen LogP contribution in [0.4, 0.5) is 10.3 Å². The Morgan fingerprint density at radius 3 is 1.59 bits per heavy atom. The maximum atomic E-state index is 12.6. The first-order valence-electron chi connectivity index (χ1n) is 25.3. The zero-order valence-corrected chi connectivity index (χ0v) is 47.2. The Bertz CT molecular complexity index is 2130. The van der Waals surface area contributed by atoms with E-state index in [1.54, 1.807) is 12.1 Å². The Kier molecular flexibility index (Phi) is 28.5. The van der Waals surface area contributed by atoms with Gasteiger partial charge in [-0.05, 0) is 110 Å². The summed E-state index contributed by atoms with van der Waals surface area (Å²) in [5.74, 6) is 1.35. The number of ether oxygens (including phenoxy) is 1. The normalized spacial score (nSPS) is 11.5. The van der Waals surface area contributed by atoms with E-state index >= 15 is 0 Å². The number of thiazole rings is 2. The van der Waals surface area contributed by atoms with E-state index in [0.717, 1.165) is 103 Å². The van der Waals surface area contributed by atoms with Gasteiger partial charge in [0.25, 0.3) is 0 Å². The number of carbonyl (C=O) groups is 4. The van der Waals surface area contributed by atoms with Crippen LogP contribution in [-0.2, 0) is 19.2 Å². The van der Waals surface area contributed by atoms with Crippen LogP contribution in [0.5, 0.6) is 11.5 Å². The van der Waals surface area contributed by atoms with Gasteiger partial charge < -0.3 is 30.3 Å². The van der Waals surface area contributed by atoms with Gasteiger partial charge in [-0.2, -0.15) is 0 Å². The number of fused-ring (bicyclic) bond motifs is 2. The lowest BCUT2D eigenvalue weighted by Gasteiger charge is -2.27. The molecule has 0 aliphatic carbocycles. The van der Waals surface area contributed by atoms with E-state index in [2.05, 4.69) is 78.1 Å². The third-order valence-corrected chi connectivity index (χ3v) is 13.6. The summed E-state index contributed by atoms with van der Waals surface area (Å²) in [7, 11) is 0. The molecule has 2 aromatic heterocycles. The third kappa shape index (κ3) is 23.2. The number of amides is 4. The predicted molar refractivity (Wildman–Crippen MR) is 295 cm³/mol. The van der Waals surface area contributed by atoms with E-state index in [-0.39, 0.29) is 29.5 Å². The summed E-state index contributed by atoms with van der Waals surface area (Å²) in [6.45, 7) is 27.9. The summed E-state index contributed by atoms with van der Waals surface area (Å²) in [5, 5.41) is 17.5. The number of phenolic OH excluding ortho intramolecular Hbond substituents is 1. The quantitative estimate of drug-likeness (QED) is 0.0319. The summed E-state index contributed by atoms with van der Waals surface area (Å²) in [5.41, 5.74) is 0.389. The molecular weight excluding hydrogens is 973 g/mol. The van der Waals surface area contributed by atoms with Gasteiger partial charge in [0.15, 0.2) is 10.3 Å². The molecule has 2 aromatic carbocycles. The van der Waals surface area contributed by atoms with Gasteiger partial charge in [0.05, 0.1) is 29.4 Å². The molecule has 0 fully saturated rings. The van der Waals surface area contributed by atoms with E-state index in [1.807, 2.05) is 75.6 Å². The van der Waals surface area contributed by atoms with Gasteiger partial charge in [-0.3, -0.25) is 19.2 Å². The number of aromatic nitrogens is 2. The van der Waals surface area contributed by atoms with E-state index in [0.29, 0.717) is 47.2 Å². The first-order chi connectivity index (χ1) is 32.6. The second kappa shape index (κ2) is 32.1. The van der Waals surface area contributed by atoms with Crippen molar-refractivity contribution in [1.29, 1.82) is 0 Å². The van der Waals surface area contributed by atoms with Crippen LogP contribution >= 0.6 is 38.6 Å².